The van der Waals surface area contributed by atoms with Gasteiger partial charge < -0.3 is 6.15 Å². The van der Waals surface area contributed by atoms with Crippen molar-refractivity contribution in [2.45, 2.75) is 90.9 Å². The lowest BCUT2D eigenvalue weighted by atomic mass is 9.98. The third-order valence-electron chi connectivity index (χ3n) is 3.92. The summed E-state index contributed by atoms with van der Waals surface area (Å²) in [6.07, 6.45) is 15.9. The van der Waals surface area contributed by atoms with E-state index in [2.05, 4.69) is 6.92 Å². The van der Waals surface area contributed by atoms with Crippen LogP contribution >= 0.6 is 11.6 Å². The maximum Gasteiger partial charge on any atom is 0.134 e. The van der Waals surface area contributed by atoms with Crippen molar-refractivity contribution in [3.63, 3.8) is 0 Å². The van der Waals surface area contributed by atoms with Gasteiger partial charge in [0.15, 0.2) is 0 Å². The highest BCUT2D eigenvalue weighted by Gasteiger charge is 2.11. The minimum absolute atomic E-state index is 0. The lowest BCUT2D eigenvalue weighted by molar-refractivity contribution is -0.120. The monoisotopic (exact) mass is 305 g/mol. The molecule has 0 spiro atoms. The zero-order valence-corrected chi connectivity index (χ0v) is 14.5. The Morgan fingerprint density at radius 2 is 1.25 bits per heavy atom. The van der Waals surface area contributed by atoms with Gasteiger partial charge in [0, 0.05) is 11.8 Å². The number of hydrogen-bond donors (Lipinski definition) is 1. The molecule has 2 nitrogen and oxygen atoms in total. The van der Waals surface area contributed by atoms with E-state index in [4.69, 9.17) is 11.6 Å². The first-order valence-electron chi connectivity index (χ1n) is 8.28. The largest absolute Gasteiger partial charge is 0.344 e. The summed E-state index contributed by atoms with van der Waals surface area (Å²) in [5, 5.41) is 0. The molecular formula is C17H36ClNO. The molecule has 0 radical (unpaired) electrons. The zero-order valence-electron chi connectivity index (χ0n) is 13.8. The van der Waals surface area contributed by atoms with Gasteiger partial charge in [0.05, 0.1) is 0 Å². The van der Waals surface area contributed by atoms with Crippen LogP contribution in [0.2, 0.25) is 0 Å². The van der Waals surface area contributed by atoms with Gasteiger partial charge in [-0.25, -0.2) is 0 Å². The average molecular weight is 306 g/mol. The summed E-state index contributed by atoms with van der Waals surface area (Å²) in [5.74, 6) is 0.843. The average Bonchev–Trinajstić information content (AvgIpc) is 2.40. The van der Waals surface area contributed by atoms with Crippen LogP contribution in [0.25, 0.3) is 0 Å². The van der Waals surface area contributed by atoms with E-state index in [1.807, 2.05) is 0 Å². The molecular weight excluding hydrogens is 270 g/mol. The van der Waals surface area contributed by atoms with Crippen molar-refractivity contribution in [2.75, 3.05) is 5.88 Å². The summed E-state index contributed by atoms with van der Waals surface area (Å²) in [4.78, 5) is 11.2. The number of carbonyl (C=O) groups excluding carboxylic acids is 1. The first-order chi connectivity index (χ1) is 9.22. The molecule has 0 amide bonds. The smallest absolute Gasteiger partial charge is 0.134 e. The van der Waals surface area contributed by atoms with E-state index in [-0.39, 0.29) is 17.9 Å². The van der Waals surface area contributed by atoms with E-state index in [9.17, 15) is 4.79 Å². The van der Waals surface area contributed by atoms with Gasteiger partial charge in [-0.15, -0.1) is 11.6 Å². The predicted molar refractivity (Wildman–Crippen MR) is 91.0 cm³/mol. The van der Waals surface area contributed by atoms with Crippen LogP contribution < -0.4 is 6.15 Å². The second kappa shape index (κ2) is 17.0. The van der Waals surface area contributed by atoms with Crippen LogP contribution in [0.4, 0.5) is 0 Å². The highest BCUT2D eigenvalue weighted by atomic mass is 35.5. The number of rotatable bonds is 14. The van der Waals surface area contributed by atoms with E-state index in [0.717, 1.165) is 12.8 Å². The number of hydrogen-bond acceptors (Lipinski definition) is 2. The van der Waals surface area contributed by atoms with Crippen LogP contribution in [0.3, 0.4) is 0 Å². The molecule has 0 bridgehead atoms. The second-order valence-electron chi connectivity index (χ2n) is 5.79. The molecule has 0 aromatic rings. The maximum absolute atomic E-state index is 11.2. The molecule has 0 aliphatic carbocycles. The third kappa shape index (κ3) is 14.3. The minimum Gasteiger partial charge on any atom is -0.344 e. The molecule has 0 aromatic heterocycles. The summed E-state index contributed by atoms with van der Waals surface area (Å²) in [7, 11) is 0. The summed E-state index contributed by atoms with van der Waals surface area (Å²) >= 11 is 5.78. The molecule has 0 aliphatic heterocycles. The molecule has 122 valence electrons. The third-order valence-corrected chi connectivity index (χ3v) is 4.29. The molecule has 0 aromatic carbocycles. The van der Waals surface area contributed by atoms with Crippen LogP contribution in [0, 0.1) is 5.92 Å². The van der Waals surface area contributed by atoms with Gasteiger partial charge >= 0.3 is 0 Å². The first-order valence-corrected chi connectivity index (χ1v) is 8.82. The van der Waals surface area contributed by atoms with Crippen molar-refractivity contribution in [3.8, 4) is 0 Å². The Kier molecular flexibility index (Phi) is 18.8. The van der Waals surface area contributed by atoms with Crippen LogP contribution in [0.1, 0.15) is 90.9 Å². The van der Waals surface area contributed by atoms with Crippen molar-refractivity contribution in [3.05, 3.63) is 0 Å². The molecule has 1 unspecified atom stereocenters. The van der Waals surface area contributed by atoms with Crippen molar-refractivity contribution in [2.24, 2.45) is 5.92 Å². The van der Waals surface area contributed by atoms with Crippen molar-refractivity contribution in [1.82, 2.24) is 6.15 Å². The fourth-order valence-electron chi connectivity index (χ4n) is 2.44. The fraction of sp³-hybridized carbons (Fsp3) is 0.941. The molecule has 3 N–H and O–H groups in total. The van der Waals surface area contributed by atoms with Gasteiger partial charge in [-0.2, -0.15) is 0 Å². The summed E-state index contributed by atoms with van der Waals surface area (Å²) in [6, 6.07) is 0. The number of Topliss-reactive ketones (excluding diaryl/α,β-unsaturated/α-hetero) is 1. The van der Waals surface area contributed by atoms with Crippen molar-refractivity contribution >= 4 is 17.4 Å². The van der Waals surface area contributed by atoms with Gasteiger partial charge in [0.2, 0.25) is 0 Å². The number of ketones is 1. The SMILES string of the molecule is CCCCCCCCCCCCCC(CCl)C(C)=O.N. The van der Waals surface area contributed by atoms with Gasteiger partial charge in [0.25, 0.3) is 0 Å². The van der Waals surface area contributed by atoms with Gasteiger partial charge in [-0.3, -0.25) is 4.79 Å². The van der Waals surface area contributed by atoms with E-state index in [1.165, 1.54) is 64.2 Å². The van der Waals surface area contributed by atoms with Crippen molar-refractivity contribution < 1.29 is 4.79 Å². The lowest BCUT2D eigenvalue weighted by Gasteiger charge is -2.09. The predicted octanol–water partition coefficient (Wildman–Crippen LogP) is 6.29. The Hall–Kier alpha value is -0.0800. The highest BCUT2D eigenvalue weighted by Crippen LogP contribution is 2.15. The van der Waals surface area contributed by atoms with E-state index < -0.39 is 0 Å². The Labute approximate surface area is 131 Å². The van der Waals surface area contributed by atoms with Gasteiger partial charge in [0.1, 0.15) is 5.78 Å². The number of unbranched alkanes of at least 4 members (excludes halogenated alkanes) is 10. The van der Waals surface area contributed by atoms with Crippen LogP contribution in [0.15, 0.2) is 0 Å². The van der Waals surface area contributed by atoms with Gasteiger partial charge in [-0.1, -0.05) is 77.6 Å². The first kappa shape index (κ1) is 22.2. The Morgan fingerprint density at radius 1 is 0.850 bits per heavy atom. The number of carbonyl (C=O) groups is 1. The number of alkyl halides is 1. The van der Waals surface area contributed by atoms with E-state index in [1.54, 1.807) is 6.92 Å². The van der Waals surface area contributed by atoms with Crippen LogP contribution in [0.5, 0.6) is 0 Å². The van der Waals surface area contributed by atoms with Crippen LogP contribution in [-0.4, -0.2) is 11.7 Å². The fourth-order valence-corrected chi connectivity index (χ4v) is 2.82. The lowest BCUT2D eigenvalue weighted by Crippen LogP contribution is -2.12. The molecule has 0 saturated carbocycles. The topological polar surface area (TPSA) is 52.1 Å². The van der Waals surface area contributed by atoms with Gasteiger partial charge in [-0.05, 0) is 13.3 Å². The normalized spacial score (nSPS) is 11.9. The van der Waals surface area contributed by atoms with Crippen LogP contribution in [-0.2, 0) is 4.79 Å². The molecule has 0 saturated heterocycles. The highest BCUT2D eigenvalue weighted by molar-refractivity contribution is 6.19. The molecule has 0 fully saturated rings. The van der Waals surface area contributed by atoms with E-state index in [0.29, 0.717) is 5.88 Å². The summed E-state index contributed by atoms with van der Waals surface area (Å²) < 4.78 is 0. The minimum atomic E-state index is 0. The second-order valence-corrected chi connectivity index (χ2v) is 6.09. The molecule has 0 rings (SSSR count). The summed E-state index contributed by atoms with van der Waals surface area (Å²) in [5.41, 5.74) is 0. The van der Waals surface area contributed by atoms with E-state index >= 15 is 0 Å². The zero-order chi connectivity index (χ0) is 14.3. The van der Waals surface area contributed by atoms with Crippen molar-refractivity contribution in [1.29, 1.82) is 0 Å². The maximum atomic E-state index is 11.2. The Bertz CT molecular complexity index is 209. The molecule has 0 heterocycles. The number of halogens is 1. The molecule has 0 aliphatic rings. The Balaban J connectivity index is 0. The summed E-state index contributed by atoms with van der Waals surface area (Å²) in [6.45, 7) is 3.92. The molecule has 20 heavy (non-hydrogen) atoms. The molecule has 3 heteroatoms. The quantitative estimate of drug-likeness (QED) is 0.303. The standard InChI is InChI=1S/C17H33ClO.H3N/c1-3-4-5-6-7-8-9-10-11-12-13-14-17(15-18)16(2)19;/h17H,3-15H2,1-2H3;1H3. The Morgan fingerprint density at radius 3 is 1.60 bits per heavy atom. The molecule has 1 atom stereocenters.